The standard InChI is InChI=1S/C33H41FN2O2/c1-24(2)22-35-32(38)30(21-26-9-7-6-8-10-26)36(23-27-13-18-29(34)19-14-27)31(37)20-15-25-11-16-28(17-12-25)33(3,4)5/h6-14,16-19,24,30H,15,20-23H2,1-5H3,(H,35,38)/t30-/m0/s1. The molecule has 0 aromatic heterocycles. The van der Waals surface area contributed by atoms with Crippen molar-refractivity contribution >= 4 is 11.8 Å². The number of hydrogen-bond acceptors (Lipinski definition) is 2. The number of carbonyl (C=O) groups excluding carboxylic acids is 2. The molecule has 0 saturated carbocycles. The number of nitrogens with one attached hydrogen (secondary N) is 1. The van der Waals surface area contributed by atoms with Crippen LogP contribution in [0.25, 0.3) is 0 Å². The first-order valence-corrected chi connectivity index (χ1v) is 13.5. The molecule has 3 rings (SSSR count). The number of benzene rings is 3. The number of nitrogens with zero attached hydrogens (tertiary/aromatic N) is 1. The van der Waals surface area contributed by atoms with Crippen LogP contribution in [0.3, 0.4) is 0 Å². The molecule has 0 unspecified atom stereocenters. The second-order valence-electron chi connectivity index (χ2n) is 11.4. The molecule has 2 amide bonds. The van der Waals surface area contributed by atoms with Crippen molar-refractivity contribution in [1.29, 1.82) is 0 Å². The molecular formula is C33H41FN2O2. The number of halogens is 1. The van der Waals surface area contributed by atoms with Crippen molar-refractivity contribution in [3.63, 3.8) is 0 Å². The molecule has 0 aliphatic rings. The number of amides is 2. The lowest BCUT2D eigenvalue weighted by atomic mass is 9.86. The predicted molar refractivity (Wildman–Crippen MR) is 152 cm³/mol. The van der Waals surface area contributed by atoms with Crippen molar-refractivity contribution in [2.24, 2.45) is 5.92 Å². The van der Waals surface area contributed by atoms with Crippen LogP contribution in [0.1, 0.15) is 63.3 Å². The SMILES string of the molecule is CC(C)CNC(=O)[C@H](Cc1ccccc1)N(Cc1ccc(F)cc1)C(=O)CCc1ccc(C(C)(C)C)cc1. The fourth-order valence-electron chi connectivity index (χ4n) is 4.33. The van der Waals surface area contributed by atoms with Crippen molar-refractivity contribution < 1.29 is 14.0 Å². The van der Waals surface area contributed by atoms with Gasteiger partial charge in [0, 0.05) is 25.9 Å². The minimum atomic E-state index is -0.683. The van der Waals surface area contributed by atoms with Crippen LogP contribution in [0.15, 0.2) is 78.9 Å². The van der Waals surface area contributed by atoms with Crippen molar-refractivity contribution in [2.45, 2.75) is 71.9 Å². The van der Waals surface area contributed by atoms with Gasteiger partial charge < -0.3 is 10.2 Å². The highest BCUT2D eigenvalue weighted by Gasteiger charge is 2.30. The van der Waals surface area contributed by atoms with Crippen molar-refractivity contribution in [2.75, 3.05) is 6.54 Å². The first-order chi connectivity index (χ1) is 18.0. The Labute approximate surface area is 227 Å². The minimum absolute atomic E-state index is 0.0638. The molecule has 0 bridgehead atoms. The number of rotatable bonds is 11. The van der Waals surface area contributed by atoms with Crippen LogP contribution in [-0.4, -0.2) is 29.3 Å². The number of carbonyl (C=O) groups is 2. The molecular weight excluding hydrogens is 475 g/mol. The van der Waals surface area contributed by atoms with E-state index < -0.39 is 6.04 Å². The van der Waals surface area contributed by atoms with Crippen LogP contribution >= 0.6 is 0 Å². The topological polar surface area (TPSA) is 49.4 Å². The fourth-order valence-corrected chi connectivity index (χ4v) is 4.33. The Kier molecular flexibility index (Phi) is 10.2. The van der Waals surface area contributed by atoms with Crippen LogP contribution < -0.4 is 5.32 Å². The van der Waals surface area contributed by atoms with Gasteiger partial charge in [-0.15, -0.1) is 0 Å². The average Bonchev–Trinajstić information content (AvgIpc) is 2.89. The van der Waals surface area contributed by atoms with Crippen molar-refractivity contribution in [3.05, 3.63) is 107 Å². The monoisotopic (exact) mass is 516 g/mol. The molecule has 0 aliphatic carbocycles. The second-order valence-corrected chi connectivity index (χ2v) is 11.4. The molecule has 0 aliphatic heterocycles. The van der Waals surface area contributed by atoms with Gasteiger partial charge in [-0.3, -0.25) is 9.59 Å². The lowest BCUT2D eigenvalue weighted by Crippen LogP contribution is -2.51. The molecule has 202 valence electrons. The summed E-state index contributed by atoms with van der Waals surface area (Å²) in [5.74, 6) is -0.322. The highest BCUT2D eigenvalue weighted by Crippen LogP contribution is 2.23. The molecule has 0 radical (unpaired) electrons. The highest BCUT2D eigenvalue weighted by atomic mass is 19.1. The van der Waals surface area contributed by atoms with Crippen molar-refractivity contribution in [1.82, 2.24) is 10.2 Å². The van der Waals surface area contributed by atoms with E-state index in [2.05, 4.69) is 50.4 Å². The zero-order valence-electron chi connectivity index (χ0n) is 23.3. The third-order valence-corrected chi connectivity index (χ3v) is 6.67. The maximum absolute atomic E-state index is 13.8. The van der Waals surface area contributed by atoms with Gasteiger partial charge in [-0.25, -0.2) is 4.39 Å². The summed E-state index contributed by atoms with van der Waals surface area (Å²) in [7, 11) is 0. The smallest absolute Gasteiger partial charge is 0.243 e. The Hall–Kier alpha value is -3.47. The molecule has 3 aromatic carbocycles. The summed E-state index contributed by atoms with van der Waals surface area (Å²) >= 11 is 0. The van der Waals surface area contributed by atoms with Crippen LogP contribution in [0.2, 0.25) is 0 Å². The van der Waals surface area contributed by atoms with Gasteiger partial charge in [0.2, 0.25) is 11.8 Å². The molecule has 0 spiro atoms. The Morgan fingerprint density at radius 2 is 1.45 bits per heavy atom. The summed E-state index contributed by atoms with van der Waals surface area (Å²) in [4.78, 5) is 28.9. The summed E-state index contributed by atoms with van der Waals surface area (Å²) in [6.45, 7) is 11.4. The largest absolute Gasteiger partial charge is 0.354 e. The first kappa shape index (κ1) is 29.1. The van der Waals surface area contributed by atoms with Gasteiger partial charge >= 0.3 is 0 Å². The first-order valence-electron chi connectivity index (χ1n) is 13.5. The molecule has 4 nitrogen and oxygen atoms in total. The summed E-state index contributed by atoms with van der Waals surface area (Å²) in [5, 5.41) is 3.03. The van der Waals surface area contributed by atoms with E-state index in [9.17, 15) is 14.0 Å². The maximum Gasteiger partial charge on any atom is 0.243 e. The van der Waals surface area contributed by atoms with Gasteiger partial charge in [0.05, 0.1) is 0 Å². The van der Waals surface area contributed by atoms with E-state index in [0.717, 1.165) is 16.7 Å². The van der Waals surface area contributed by atoms with Gasteiger partial charge in [0.25, 0.3) is 0 Å². The Bertz CT molecular complexity index is 1170. The van der Waals surface area contributed by atoms with Gasteiger partial charge in [-0.05, 0) is 52.1 Å². The highest BCUT2D eigenvalue weighted by molar-refractivity contribution is 5.88. The molecule has 5 heteroatoms. The Morgan fingerprint density at radius 3 is 2.03 bits per heavy atom. The second kappa shape index (κ2) is 13.4. The molecule has 0 saturated heterocycles. The number of hydrogen-bond donors (Lipinski definition) is 1. The predicted octanol–water partition coefficient (Wildman–Crippen LogP) is 6.47. The van der Waals surface area contributed by atoms with Gasteiger partial charge in [-0.1, -0.05) is 101 Å². The Balaban J connectivity index is 1.87. The van der Waals surface area contributed by atoms with E-state index in [-0.39, 0.29) is 41.9 Å². The molecule has 0 fully saturated rings. The van der Waals surface area contributed by atoms with E-state index in [4.69, 9.17) is 0 Å². The molecule has 0 heterocycles. The average molecular weight is 517 g/mol. The normalized spacial score (nSPS) is 12.3. The van der Waals surface area contributed by atoms with E-state index in [0.29, 0.717) is 19.4 Å². The zero-order valence-corrected chi connectivity index (χ0v) is 23.3. The van der Waals surface area contributed by atoms with E-state index >= 15 is 0 Å². The summed E-state index contributed by atoms with van der Waals surface area (Å²) < 4.78 is 13.6. The van der Waals surface area contributed by atoms with Crippen LogP contribution in [0.4, 0.5) is 4.39 Å². The van der Waals surface area contributed by atoms with Gasteiger partial charge in [0.1, 0.15) is 11.9 Å². The third-order valence-electron chi connectivity index (χ3n) is 6.67. The molecule has 3 aromatic rings. The van der Waals surface area contributed by atoms with E-state index in [1.54, 1.807) is 17.0 Å². The van der Waals surface area contributed by atoms with Crippen LogP contribution in [-0.2, 0) is 34.4 Å². The molecule has 1 N–H and O–H groups in total. The fraction of sp³-hybridized carbons (Fsp3) is 0.394. The molecule has 38 heavy (non-hydrogen) atoms. The van der Waals surface area contributed by atoms with Gasteiger partial charge in [0.15, 0.2) is 0 Å². The van der Waals surface area contributed by atoms with Gasteiger partial charge in [-0.2, -0.15) is 0 Å². The number of aryl methyl sites for hydroxylation is 1. The van der Waals surface area contributed by atoms with E-state index in [1.165, 1.54) is 17.7 Å². The van der Waals surface area contributed by atoms with Crippen molar-refractivity contribution in [3.8, 4) is 0 Å². The lowest BCUT2D eigenvalue weighted by molar-refractivity contribution is -0.141. The quantitative estimate of drug-likeness (QED) is 0.318. The summed E-state index contributed by atoms with van der Waals surface area (Å²) in [6.07, 6.45) is 1.26. The lowest BCUT2D eigenvalue weighted by Gasteiger charge is -2.32. The van der Waals surface area contributed by atoms with E-state index in [1.807, 2.05) is 44.2 Å². The zero-order chi connectivity index (χ0) is 27.7. The third kappa shape index (κ3) is 8.83. The molecule has 1 atom stereocenters. The maximum atomic E-state index is 13.8. The Morgan fingerprint density at radius 1 is 0.842 bits per heavy atom. The van der Waals surface area contributed by atoms with Crippen LogP contribution in [0, 0.1) is 11.7 Å². The van der Waals surface area contributed by atoms with Crippen LogP contribution in [0.5, 0.6) is 0 Å². The summed E-state index contributed by atoms with van der Waals surface area (Å²) in [5.41, 5.74) is 4.15. The summed E-state index contributed by atoms with van der Waals surface area (Å²) in [6, 6.07) is 23.6. The minimum Gasteiger partial charge on any atom is -0.354 e.